The number of nitrogens with zero attached hydrogens (tertiary/aromatic N) is 2. The Morgan fingerprint density at radius 3 is 2.53 bits per heavy atom. The highest BCUT2D eigenvalue weighted by Gasteiger charge is 2.29. The topological polar surface area (TPSA) is 32.5 Å². The second-order valence-electron chi connectivity index (χ2n) is 5.67. The summed E-state index contributed by atoms with van der Waals surface area (Å²) in [5, 5.41) is 0. The Morgan fingerprint density at radius 2 is 2.00 bits per heavy atom. The number of piperazine rings is 1. The second-order valence-corrected chi connectivity index (χ2v) is 7.42. The summed E-state index contributed by atoms with van der Waals surface area (Å²) >= 11 is 7.70. The van der Waals surface area contributed by atoms with E-state index in [2.05, 4.69) is 15.9 Å². The van der Waals surface area contributed by atoms with E-state index in [0.717, 1.165) is 23.3 Å². The van der Waals surface area contributed by atoms with E-state index in [1.54, 1.807) is 11.3 Å². The molecular formula is C14H22ClN3S. The van der Waals surface area contributed by atoms with Crippen molar-refractivity contribution in [2.75, 3.05) is 39.3 Å². The minimum Gasteiger partial charge on any atom is -0.329 e. The molecular weight excluding hydrogens is 278 g/mol. The van der Waals surface area contributed by atoms with Gasteiger partial charge in [-0.25, -0.2) is 0 Å². The lowest BCUT2D eigenvalue weighted by molar-refractivity contribution is 0.0968. The van der Waals surface area contributed by atoms with Crippen molar-refractivity contribution in [1.29, 1.82) is 0 Å². The second kappa shape index (κ2) is 6.10. The number of hydrogen-bond donors (Lipinski definition) is 1. The number of hydrogen-bond acceptors (Lipinski definition) is 4. The van der Waals surface area contributed by atoms with Crippen LogP contribution in [0.5, 0.6) is 0 Å². The SMILES string of the molecule is NCC(c1ccc(Cl)s1)N1CCN(CC2CC2)CC1. The van der Waals surface area contributed by atoms with E-state index in [0.29, 0.717) is 12.6 Å². The molecule has 0 spiro atoms. The smallest absolute Gasteiger partial charge is 0.0931 e. The van der Waals surface area contributed by atoms with Crippen LogP contribution < -0.4 is 5.73 Å². The van der Waals surface area contributed by atoms with Crippen LogP contribution in [0, 0.1) is 5.92 Å². The van der Waals surface area contributed by atoms with Crippen LogP contribution in [-0.4, -0.2) is 49.1 Å². The Hall–Kier alpha value is -0.130. The molecule has 2 fully saturated rings. The van der Waals surface area contributed by atoms with Crippen molar-refractivity contribution in [3.8, 4) is 0 Å². The third-order valence-electron chi connectivity index (χ3n) is 4.21. The van der Waals surface area contributed by atoms with E-state index < -0.39 is 0 Å². The van der Waals surface area contributed by atoms with Crippen molar-refractivity contribution in [2.24, 2.45) is 11.7 Å². The molecule has 1 aliphatic carbocycles. The van der Waals surface area contributed by atoms with E-state index in [1.165, 1.54) is 37.4 Å². The molecule has 1 aromatic heterocycles. The standard InChI is InChI=1S/C14H22ClN3S/c15-14-4-3-13(19-14)12(9-16)18-7-5-17(6-8-18)10-11-1-2-11/h3-4,11-12H,1-2,5-10,16H2. The molecule has 1 atom stereocenters. The van der Waals surface area contributed by atoms with E-state index in [-0.39, 0.29) is 0 Å². The number of thiophene rings is 1. The molecule has 0 amide bonds. The maximum Gasteiger partial charge on any atom is 0.0931 e. The summed E-state index contributed by atoms with van der Waals surface area (Å²) in [5.74, 6) is 0.993. The van der Waals surface area contributed by atoms with Crippen molar-refractivity contribution in [3.05, 3.63) is 21.3 Å². The Balaban J connectivity index is 1.56. The zero-order valence-corrected chi connectivity index (χ0v) is 12.8. The van der Waals surface area contributed by atoms with Gasteiger partial charge in [0.2, 0.25) is 0 Å². The highest BCUT2D eigenvalue weighted by Crippen LogP contribution is 2.32. The summed E-state index contributed by atoms with van der Waals surface area (Å²) in [4.78, 5) is 6.44. The van der Waals surface area contributed by atoms with Crippen LogP contribution in [0.2, 0.25) is 4.34 Å². The molecule has 1 aromatic rings. The van der Waals surface area contributed by atoms with Gasteiger partial charge < -0.3 is 10.6 Å². The highest BCUT2D eigenvalue weighted by atomic mass is 35.5. The first-order valence-corrected chi connectivity index (χ1v) is 8.37. The third-order valence-corrected chi connectivity index (χ3v) is 5.54. The molecule has 3 nitrogen and oxygen atoms in total. The quantitative estimate of drug-likeness (QED) is 0.906. The summed E-state index contributed by atoms with van der Waals surface area (Å²) in [5.41, 5.74) is 5.98. The van der Waals surface area contributed by atoms with Crippen molar-refractivity contribution in [2.45, 2.75) is 18.9 Å². The Kier molecular flexibility index (Phi) is 4.44. The van der Waals surface area contributed by atoms with E-state index in [9.17, 15) is 0 Å². The highest BCUT2D eigenvalue weighted by molar-refractivity contribution is 7.16. The van der Waals surface area contributed by atoms with Gasteiger partial charge in [0.15, 0.2) is 0 Å². The van der Waals surface area contributed by atoms with Gasteiger partial charge in [-0.3, -0.25) is 4.90 Å². The lowest BCUT2D eigenvalue weighted by Gasteiger charge is -2.38. The minimum absolute atomic E-state index is 0.348. The molecule has 5 heteroatoms. The van der Waals surface area contributed by atoms with Crippen LogP contribution in [0.1, 0.15) is 23.8 Å². The Morgan fingerprint density at radius 1 is 1.26 bits per heavy atom. The molecule has 0 aromatic carbocycles. The molecule has 0 radical (unpaired) electrons. The summed E-state index contributed by atoms with van der Waals surface area (Å²) < 4.78 is 0.862. The molecule has 19 heavy (non-hydrogen) atoms. The monoisotopic (exact) mass is 299 g/mol. The molecule has 1 saturated heterocycles. The van der Waals surface area contributed by atoms with E-state index >= 15 is 0 Å². The first-order valence-electron chi connectivity index (χ1n) is 7.18. The zero-order valence-electron chi connectivity index (χ0n) is 11.2. The van der Waals surface area contributed by atoms with Crippen LogP contribution in [-0.2, 0) is 0 Å². The van der Waals surface area contributed by atoms with E-state index in [1.807, 2.05) is 6.07 Å². The average molecular weight is 300 g/mol. The van der Waals surface area contributed by atoms with Crippen molar-refractivity contribution < 1.29 is 0 Å². The number of nitrogens with two attached hydrogens (primary N) is 1. The van der Waals surface area contributed by atoms with Gasteiger partial charge >= 0.3 is 0 Å². The summed E-state index contributed by atoms with van der Waals surface area (Å²) in [6.07, 6.45) is 2.89. The van der Waals surface area contributed by atoms with Gasteiger partial charge in [-0.1, -0.05) is 11.6 Å². The summed E-state index contributed by atoms with van der Waals surface area (Å²) in [7, 11) is 0. The molecule has 2 aliphatic rings. The maximum absolute atomic E-state index is 6.04. The summed E-state index contributed by atoms with van der Waals surface area (Å²) in [6.45, 7) is 6.62. The van der Waals surface area contributed by atoms with E-state index in [4.69, 9.17) is 17.3 Å². The fourth-order valence-electron chi connectivity index (χ4n) is 2.88. The lowest BCUT2D eigenvalue weighted by atomic mass is 10.1. The van der Waals surface area contributed by atoms with Crippen molar-refractivity contribution in [1.82, 2.24) is 9.80 Å². The molecule has 1 saturated carbocycles. The van der Waals surface area contributed by atoms with Crippen LogP contribution in [0.4, 0.5) is 0 Å². The molecule has 2 N–H and O–H groups in total. The van der Waals surface area contributed by atoms with Gasteiger partial charge in [-0.15, -0.1) is 11.3 Å². The van der Waals surface area contributed by atoms with Crippen LogP contribution in [0.25, 0.3) is 0 Å². The van der Waals surface area contributed by atoms with Crippen molar-refractivity contribution >= 4 is 22.9 Å². The zero-order chi connectivity index (χ0) is 13.2. The predicted molar refractivity (Wildman–Crippen MR) is 81.9 cm³/mol. The first-order chi connectivity index (χ1) is 9.26. The normalized spacial score (nSPS) is 23.7. The van der Waals surface area contributed by atoms with Crippen LogP contribution >= 0.6 is 22.9 Å². The van der Waals surface area contributed by atoms with Crippen LogP contribution in [0.3, 0.4) is 0 Å². The molecule has 3 rings (SSSR count). The molecule has 0 bridgehead atoms. The first kappa shape index (κ1) is 13.8. The lowest BCUT2D eigenvalue weighted by Crippen LogP contribution is -2.49. The average Bonchev–Trinajstić information content (AvgIpc) is 3.13. The molecule has 2 heterocycles. The predicted octanol–water partition coefficient (Wildman–Crippen LogP) is 2.43. The van der Waals surface area contributed by atoms with Gasteiger partial charge in [0.05, 0.1) is 10.4 Å². The Bertz CT molecular complexity index is 411. The minimum atomic E-state index is 0.348. The molecule has 106 valence electrons. The third kappa shape index (κ3) is 3.50. The molecule has 1 aliphatic heterocycles. The number of rotatable bonds is 5. The van der Waals surface area contributed by atoms with Gasteiger partial charge in [-0.2, -0.15) is 0 Å². The van der Waals surface area contributed by atoms with Crippen LogP contribution in [0.15, 0.2) is 12.1 Å². The van der Waals surface area contributed by atoms with Gasteiger partial charge in [0.1, 0.15) is 0 Å². The fraction of sp³-hybridized carbons (Fsp3) is 0.714. The maximum atomic E-state index is 6.04. The Labute approximate surface area is 124 Å². The van der Waals surface area contributed by atoms with Gasteiger partial charge in [0, 0.05) is 44.1 Å². The van der Waals surface area contributed by atoms with Crippen molar-refractivity contribution in [3.63, 3.8) is 0 Å². The molecule has 1 unspecified atom stereocenters. The van der Waals surface area contributed by atoms with Gasteiger partial charge in [-0.05, 0) is 30.9 Å². The van der Waals surface area contributed by atoms with Gasteiger partial charge in [0.25, 0.3) is 0 Å². The fourth-order valence-corrected chi connectivity index (χ4v) is 4.08. The summed E-state index contributed by atoms with van der Waals surface area (Å²) in [6, 6.07) is 4.45. The number of halogens is 1. The largest absolute Gasteiger partial charge is 0.329 e.